The fourth-order valence-electron chi connectivity index (χ4n) is 3.29. The van der Waals surface area contributed by atoms with E-state index in [1.807, 2.05) is 6.92 Å². The summed E-state index contributed by atoms with van der Waals surface area (Å²) in [5.74, 6) is -0.265. The van der Waals surface area contributed by atoms with Crippen LogP contribution in [0.1, 0.15) is 35.7 Å². The monoisotopic (exact) mass is 415 g/mol. The highest BCUT2D eigenvalue weighted by atomic mass is 32.2. The largest absolute Gasteiger partial charge is 0.339 e. The minimum Gasteiger partial charge on any atom is -0.339 e. The Morgan fingerprint density at radius 3 is 2.10 bits per heavy atom. The Hall–Kier alpha value is -2.71. The van der Waals surface area contributed by atoms with Crippen LogP contribution < -0.4 is 10.0 Å². The molecular weight excluding hydrogens is 390 g/mol. The Morgan fingerprint density at radius 2 is 1.55 bits per heavy atom. The lowest BCUT2D eigenvalue weighted by Gasteiger charge is -2.32. The third-order valence-electron chi connectivity index (χ3n) is 4.89. The Kier molecular flexibility index (Phi) is 6.34. The minimum absolute atomic E-state index is 0.0979. The molecule has 7 nitrogen and oxygen atoms in total. The summed E-state index contributed by atoms with van der Waals surface area (Å²) in [4.78, 5) is 25.7. The first kappa shape index (κ1) is 21.0. The van der Waals surface area contributed by atoms with Crippen LogP contribution in [0.15, 0.2) is 53.4 Å². The average molecular weight is 416 g/mol. The lowest BCUT2D eigenvalue weighted by molar-refractivity contribution is -0.114. The molecule has 0 spiro atoms. The second-order valence-electron chi connectivity index (χ2n) is 7.26. The lowest BCUT2D eigenvalue weighted by Crippen LogP contribution is -2.46. The van der Waals surface area contributed by atoms with Gasteiger partial charge in [0.2, 0.25) is 15.9 Å². The maximum Gasteiger partial charge on any atom is 0.253 e. The first-order chi connectivity index (χ1) is 13.7. The minimum atomic E-state index is -3.57. The first-order valence-electron chi connectivity index (χ1n) is 9.50. The van der Waals surface area contributed by atoms with E-state index >= 15 is 0 Å². The SMILES string of the molecule is CC(=O)Nc1ccc(C(=O)N2CCC(NS(=O)(=O)c3ccc(C)cc3)CC2)cc1. The van der Waals surface area contributed by atoms with Crippen molar-refractivity contribution in [1.29, 1.82) is 0 Å². The quantitative estimate of drug-likeness (QED) is 0.784. The Labute approximate surface area is 171 Å². The van der Waals surface area contributed by atoms with Crippen LogP contribution in [0.25, 0.3) is 0 Å². The summed E-state index contributed by atoms with van der Waals surface area (Å²) >= 11 is 0. The van der Waals surface area contributed by atoms with E-state index in [1.165, 1.54) is 6.92 Å². The molecule has 0 atom stereocenters. The molecule has 1 fully saturated rings. The van der Waals surface area contributed by atoms with Gasteiger partial charge in [-0.15, -0.1) is 0 Å². The fraction of sp³-hybridized carbons (Fsp3) is 0.333. The third-order valence-corrected chi connectivity index (χ3v) is 6.42. The van der Waals surface area contributed by atoms with Crippen LogP contribution in [-0.2, 0) is 14.8 Å². The van der Waals surface area contributed by atoms with Crippen LogP contribution in [0.5, 0.6) is 0 Å². The molecule has 0 radical (unpaired) electrons. The van der Waals surface area contributed by atoms with E-state index in [1.54, 1.807) is 53.4 Å². The van der Waals surface area contributed by atoms with Gasteiger partial charge >= 0.3 is 0 Å². The first-order valence-corrected chi connectivity index (χ1v) is 11.0. The molecule has 2 aromatic rings. The van der Waals surface area contributed by atoms with Gasteiger partial charge in [0.1, 0.15) is 0 Å². The molecule has 29 heavy (non-hydrogen) atoms. The van der Waals surface area contributed by atoms with E-state index in [-0.39, 0.29) is 22.8 Å². The standard InChI is InChI=1S/C21H25N3O4S/c1-15-3-9-20(10-4-15)29(27,28)23-19-11-13-24(14-12-19)21(26)17-5-7-18(8-6-17)22-16(2)25/h3-10,19,23H,11-14H2,1-2H3,(H,22,25). The van der Waals surface area contributed by atoms with Crippen molar-refractivity contribution < 1.29 is 18.0 Å². The number of carbonyl (C=O) groups excluding carboxylic acids is 2. The lowest BCUT2D eigenvalue weighted by atomic mass is 10.0. The molecule has 2 amide bonds. The average Bonchev–Trinajstić information content (AvgIpc) is 2.68. The molecule has 1 saturated heterocycles. The Bertz CT molecular complexity index is 978. The number of aryl methyl sites for hydroxylation is 1. The van der Waals surface area contributed by atoms with Gasteiger partial charge < -0.3 is 10.2 Å². The molecule has 0 unspecified atom stereocenters. The van der Waals surface area contributed by atoms with Gasteiger partial charge in [0, 0.05) is 37.3 Å². The second kappa shape index (κ2) is 8.75. The van der Waals surface area contributed by atoms with Crippen molar-refractivity contribution in [3.05, 3.63) is 59.7 Å². The summed E-state index contributed by atoms with van der Waals surface area (Å²) in [6.07, 6.45) is 1.11. The van der Waals surface area contributed by atoms with E-state index in [4.69, 9.17) is 0 Å². The number of hydrogen-bond acceptors (Lipinski definition) is 4. The summed E-state index contributed by atoms with van der Waals surface area (Å²) < 4.78 is 27.8. The highest BCUT2D eigenvalue weighted by molar-refractivity contribution is 7.89. The van der Waals surface area contributed by atoms with Crippen molar-refractivity contribution in [1.82, 2.24) is 9.62 Å². The molecule has 2 aromatic carbocycles. The molecule has 1 aliphatic rings. The zero-order valence-corrected chi connectivity index (χ0v) is 17.3. The normalized spacial score (nSPS) is 15.2. The van der Waals surface area contributed by atoms with Crippen LogP contribution in [0.2, 0.25) is 0 Å². The summed E-state index contributed by atoms with van der Waals surface area (Å²) in [7, 11) is -3.57. The predicted octanol–water partition coefficient (Wildman–Crippen LogP) is 2.54. The molecule has 0 aliphatic carbocycles. The molecule has 1 aliphatic heterocycles. The Morgan fingerprint density at radius 1 is 0.966 bits per heavy atom. The molecule has 0 aromatic heterocycles. The highest BCUT2D eigenvalue weighted by Gasteiger charge is 2.27. The summed E-state index contributed by atoms with van der Waals surface area (Å²) in [6, 6.07) is 13.3. The molecule has 0 saturated carbocycles. The summed E-state index contributed by atoms with van der Waals surface area (Å²) in [5.41, 5.74) is 2.18. The van der Waals surface area contributed by atoms with Gasteiger partial charge in [-0.3, -0.25) is 9.59 Å². The zero-order valence-electron chi connectivity index (χ0n) is 16.5. The van der Waals surface area contributed by atoms with E-state index in [2.05, 4.69) is 10.0 Å². The van der Waals surface area contributed by atoms with E-state index in [0.29, 0.717) is 37.2 Å². The molecule has 3 rings (SSSR count). The van der Waals surface area contributed by atoms with Gasteiger partial charge in [-0.2, -0.15) is 0 Å². The molecular formula is C21H25N3O4S. The van der Waals surface area contributed by atoms with Gasteiger partial charge in [-0.05, 0) is 56.2 Å². The van der Waals surface area contributed by atoms with Crippen LogP contribution in [0.3, 0.4) is 0 Å². The fourth-order valence-corrected chi connectivity index (χ4v) is 4.59. The van der Waals surface area contributed by atoms with Crippen molar-refractivity contribution in [3.8, 4) is 0 Å². The van der Waals surface area contributed by atoms with Gasteiger partial charge in [0.05, 0.1) is 4.90 Å². The van der Waals surface area contributed by atoms with E-state index in [9.17, 15) is 18.0 Å². The number of carbonyl (C=O) groups is 2. The number of sulfonamides is 1. The van der Waals surface area contributed by atoms with E-state index < -0.39 is 10.0 Å². The summed E-state index contributed by atoms with van der Waals surface area (Å²) in [6.45, 7) is 4.29. The zero-order chi connectivity index (χ0) is 21.0. The van der Waals surface area contributed by atoms with Crippen LogP contribution >= 0.6 is 0 Å². The smallest absolute Gasteiger partial charge is 0.253 e. The number of likely N-dealkylation sites (tertiary alicyclic amines) is 1. The number of anilines is 1. The van der Waals surface area contributed by atoms with E-state index in [0.717, 1.165) is 5.56 Å². The van der Waals surface area contributed by atoms with Gasteiger partial charge in [-0.25, -0.2) is 13.1 Å². The van der Waals surface area contributed by atoms with Crippen molar-refractivity contribution in [2.75, 3.05) is 18.4 Å². The third kappa shape index (κ3) is 5.42. The topological polar surface area (TPSA) is 95.6 Å². The molecule has 2 N–H and O–H groups in total. The number of nitrogens with zero attached hydrogens (tertiary/aromatic N) is 1. The number of rotatable bonds is 5. The predicted molar refractivity (Wildman–Crippen MR) is 111 cm³/mol. The molecule has 8 heteroatoms. The van der Waals surface area contributed by atoms with Crippen molar-refractivity contribution in [2.24, 2.45) is 0 Å². The van der Waals surface area contributed by atoms with Crippen LogP contribution in [-0.4, -0.2) is 44.3 Å². The molecule has 1 heterocycles. The number of nitrogens with one attached hydrogen (secondary N) is 2. The Balaban J connectivity index is 1.56. The molecule has 154 valence electrons. The van der Waals surface area contributed by atoms with Gasteiger partial charge in [-0.1, -0.05) is 17.7 Å². The number of hydrogen-bond donors (Lipinski definition) is 2. The van der Waals surface area contributed by atoms with Gasteiger partial charge in [0.25, 0.3) is 5.91 Å². The maximum absolute atomic E-state index is 12.7. The van der Waals surface area contributed by atoms with Gasteiger partial charge in [0.15, 0.2) is 0 Å². The van der Waals surface area contributed by atoms with Crippen molar-refractivity contribution in [2.45, 2.75) is 37.6 Å². The van der Waals surface area contributed by atoms with Crippen LogP contribution in [0.4, 0.5) is 5.69 Å². The second-order valence-corrected chi connectivity index (χ2v) is 8.97. The van der Waals surface area contributed by atoms with Crippen molar-refractivity contribution >= 4 is 27.5 Å². The number of piperidine rings is 1. The number of amides is 2. The molecule has 0 bridgehead atoms. The van der Waals surface area contributed by atoms with Crippen molar-refractivity contribution in [3.63, 3.8) is 0 Å². The number of benzene rings is 2. The highest BCUT2D eigenvalue weighted by Crippen LogP contribution is 2.18. The summed E-state index contributed by atoms with van der Waals surface area (Å²) in [5, 5.41) is 2.67. The maximum atomic E-state index is 12.7. The van der Waals surface area contributed by atoms with Crippen LogP contribution in [0, 0.1) is 6.92 Å².